The van der Waals surface area contributed by atoms with Gasteiger partial charge in [0, 0.05) is 24.8 Å². The summed E-state index contributed by atoms with van der Waals surface area (Å²) in [5.41, 5.74) is 3.60. The first-order valence-electron chi connectivity index (χ1n) is 12.4. The van der Waals surface area contributed by atoms with Gasteiger partial charge in [-0.2, -0.15) is 0 Å². The number of aromatic hydroxyl groups is 1. The molecule has 0 amide bonds. The number of fused-ring (bicyclic) bond motifs is 1. The zero-order chi connectivity index (χ0) is 24.5. The molecular weight excluding hydrogens is 538 g/mol. The molecule has 0 radical (unpaired) electrons. The molecule has 10 heteroatoms. The molecule has 0 aliphatic carbocycles. The van der Waals surface area contributed by atoms with Crippen LogP contribution in [-0.2, 0) is 0 Å². The number of carbonyl (C=O) groups excluding carboxylic acids is 1. The molecule has 2 aliphatic heterocycles. The Balaban J connectivity index is 0.00000190. The van der Waals surface area contributed by atoms with Gasteiger partial charge in [0.25, 0.3) is 0 Å². The largest absolute Gasteiger partial charge is 0.504 e. The summed E-state index contributed by atoms with van der Waals surface area (Å²) >= 11 is 6.00. The molecule has 0 unspecified atom stereocenters. The standard InChI is InChI=1S/C27H30ClFN4O2.2ClH/c1-17(34)20-16-30-24-5-4-23(19-14-21(28)27(35)22(29)15-19)31-25(24)26(20)33-12-7-18(8-13-33)6-11-32-9-2-3-10-32;;/h4-5,14-16,18,35H,2-3,6-13H2,1H3;2*1H. The average molecular weight is 570 g/mol. The summed E-state index contributed by atoms with van der Waals surface area (Å²) in [5, 5.41) is 9.62. The summed E-state index contributed by atoms with van der Waals surface area (Å²) in [6.45, 7) is 6.90. The molecule has 1 aromatic carbocycles. The van der Waals surface area contributed by atoms with Gasteiger partial charge in [0.1, 0.15) is 5.52 Å². The average Bonchev–Trinajstić information content (AvgIpc) is 3.39. The lowest BCUT2D eigenvalue weighted by Crippen LogP contribution is -2.36. The molecular formula is C27H32Cl3FN4O2. The molecule has 4 heterocycles. The topological polar surface area (TPSA) is 69.6 Å². The first kappa shape index (κ1) is 29.4. The number of rotatable bonds is 6. The number of carbonyl (C=O) groups is 1. The van der Waals surface area contributed by atoms with Crippen LogP contribution in [0.5, 0.6) is 5.75 Å². The highest BCUT2D eigenvalue weighted by molar-refractivity contribution is 6.32. The number of piperidine rings is 1. The third-order valence-electron chi connectivity index (χ3n) is 7.36. The van der Waals surface area contributed by atoms with E-state index in [4.69, 9.17) is 16.6 Å². The molecule has 2 aromatic heterocycles. The van der Waals surface area contributed by atoms with E-state index >= 15 is 0 Å². The minimum atomic E-state index is -0.804. The third-order valence-corrected chi connectivity index (χ3v) is 7.65. The van der Waals surface area contributed by atoms with Gasteiger partial charge in [-0.05, 0) is 88.8 Å². The van der Waals surface area contributed by atoms with Crippen molar-refractivity contribution in [2.24, 2.45) is 5.92 Å². The van der Waals surface area contributed by atoms with Crippen molar-refractivity contribution in [1.82, 2.24) is 14.9 Å². The fourth-order valence-electron chi connectivity index (χ4n) is 5.32. The van der Waals surface area contributed by atoms with Crippen molar-refractivity contribution in [2.75, 3.05) is 37.6 Å². The van der Waals surface area contributed by atoms with Crippen molar-refractivity contribution in [3.05, 3.63) is 46.9 Å². The van der Waals surface area contributed by atoms with Gasteiger partial charge >= 0.3 is 0 Å². The van der Waals surface area contributed by atoms with Crippen molar-refractivity contribution >= 4 is 58.9 Å². The lowest BCUT2D eigenvalue weighted by molar-refractivity contribution is 0.101. The number of Topliss-reactive ketones (excluding diaryl/α,β-unsaturated/α-hetero) is 1. The molecule has 3 aromatic rings. The van der Waals surface area contributed by atoms with E-state index in [1.807, 2.05) is 6.07 Å². The maximum Gasteiger partial charge on any atom is 0.170 e. The Morgan fingerprint density at radius 1 is 1.14 bits per heavy atom. The number of anilines is 1. The summed E-state index contributed by atoms with van der Waals surface area (Å²) in [7, 11) is 0. The van der Waals surface area contributed by atoms with E-state index in [2.05, 4.69) is 14.8 Å². The summed E-state index contributed by atoms with van der Waals surface area (Å²) in [6, 6.07) is 6.27. The molecule has 2 aliphatic rings. The second-order valence-electron chi connectivity index (χ2n) is 9.70. The van der Waals surface area contributed by atoms with Crippen LogP contribution < -0.4 is 4.90 Å². The first-order valence-corrected chi connectivity index (χ1v) is 12.7. The number of phenolic OH excluding ortho intramolecular Hbond substituents is 1. The van der Waals surface area contributed by atoms with E-state index in [0.29, 0.717) is 33.8 Å². The molecule has 2 fully saturated rings. The van der Waals surface area contributed by atoms with Crippen molar-refractivity contribution < 1.29 is 14.3 Å². The number of benzene rings is 1. The fraction of sp³-hybridized carbons (Fsp3) is 0.444. The Bertz CT molecular complexity index is 1240. The minimum Gasteiger partial charge on any atom is -0.504 e. The predicted molar refractivity (Wildman–Crippen MR) is 151 cm³/mol. The van der Waals surface area contributed by atoms with E-state index in [-0.39, 0.29) is 35.6 Å². The predicted octanol–water partition coefficient (Wildman–Crippen LogP) is 6.54. The zero-order valence-electron chi connectivity index (χ0n) is 20.8. The number of likely N-dealkylation sites (tertiary alicyclic amines) is 1. The SMILES string of the molecule is CC(=O)c1cnc2ccc(-c3cc(F)c(O)c(Cl)c3)nc2c1N1CCC(CCN2CCCC2)CC1.Cl.Cl. The second-order valence-corrected chi connectivity index (χ2v) is 10.1. The molecule has 0 atom stereocenters. The molecule has 200 valence electrons. The molecule has 37 heavy (non-hydrogen) atoms. The van der Waals surface area contributed by atoms with Gasteiger partial charge in [-0.25, -0.2) is 9.37 Å². The number of hydrogen-bond donors (Lipinski definition) is 1. The van der Waals surface area contributed by atoms with Crippen LogP contribution in [0.4, 0.5) is 10.1 Å². The Labute approximate surface area is 234 Å². The van der Waals surface area contributed by atoms with Crippen molar-refractivity contribution in [2.45, 2.75) is 39.0 Å². The minimum absolute atomic E-state index is 0. The monoisotopic (exact) mass is 568 g/mol. The molecule has 0 spiro atoms. The number of hydrogen-bond acceptors (Lipinski definition) is 6. The quantitative estimate of drug-likeness (QED) is 0.340. The first-order chi connectivity index (χ1) is 16.9. The number of phenols is 1. The normalized spacial score (nSPS) is 16.5. The van der Waals surface area contributed by atoms with Gasteiger partial charge in [-0.1, -0.05) is 11.6 Å². The highest BCUT2D eigenvalue weighted by Crippen LogP contribution is 2.36. The van der Waals surface area contributed by atoms with Crippen LogP contribution in [0.25, 0.3) is 22.3 Å². The molecule has 6 nitrogen and oxygen atoms in total. The Hall–Kier alpha value is -2.19. The maximum atomic E-state index is 14.1. The molecule has 0 saturated carbocycles. The van der Waals surface area contributed by atoms with E-state index in [9.17, 15) is 14.3 Å². The summed E-state index contributed by atoms with van der Waals surface area (Å²) in [6.07, 6.45) is 7.65. The Morgan fingerprint density at radius 3 is 2.49 bits per heavy atom. The highest BCUT2D eigenvalue weighted by Gasteiger charge is 2.26. The fourth-order valence-corrected chi connectivity index (χ4v) is 5.53. The Kier molecular flexibility index (Phi) is 9.98. The van der Waals surface area contributed by atoms with E-state index in [1.54, 1.807) is 19.2 Å². The van der Waals surface area contributed by atoms with Gasteiger partial charge in [0.15, 0.2) is 17.3 Å². The van der Waals surface area contributed by atoms with Gasteiger partial charge < -0.3 is 14.9 Å². The van der Waals surface area contributed by atoms with Crippen LogP contribution in [0.15, 0.2) is 30.5 Å². The van der Waals surface area contributed by atoms with Crippen LogP contribution in [0, 0.1) is 11.7 Å². The highest BCUT2D eigenvalue weighted by atomic mass is 35.5. The molecule has 2 saturated heterocycles. The Morgan fingerprint density at radius 2 is 1.84 bits per heavy atom. The van der Waals surface area contributed by atoms with Crippen LogP contribution >= 0.6 is 36.4 Å². The lowest BCUT2D eigenvalue weighted by atomic mass is 9.92. The summed E-state index contributed by atoms with van der Waals surface area (Å²) < 4.78 is 14.1. The number of ketones is 1. The molecule has 1 N–H and O–H groups in total. The van der Waals surface area contributed by atoms with Crippen molar-refractivity contribution in [3.8, 4) is 17.0 Å². The van der Waals surface area contributed by atoms with Crippen molar-refractivity contribution in [3.63, 3.8) is 0 Å². The maximum absolute atomic E-state index is 14.1. The third kappa shape index (κ3) is 6.28. The van der Waals surface area contributed by atoms with Crippen LogP contribution in [0.3, 0.4) is 0 Å². The van der Waals surface area contributed by atoms with E-state index in [1.165, 1.54) is 51.0 Å². The van der Waals surface area contributed by atoms with E-state index < -0.39 is 11.6 Å². The number of halogens is 4. The second kappa shape index (κ2) is 12.6. The smallest absolute Gasteiger partial charge is 0.170 e. The molecule has 0 bridgehead atoms. The molecule has 5 rings (SSSR count). The van der Waals surface area contributed by atoms with Gasteiger partial charge in [-0.15, -0.1) is 24.8 Å². The summed E-state index contributed by atoms with van der Waals surface area (Å²) in [4.78, 5) is 26.7. The van der Waals surface area contributed by atoms with Gasteiger partial charge in [0.05, 0.1) is 27.5 Å². The van der Waals surface area contributed by atoms with Crippen LogP contribution in [-0.4, -0.2) is 58.5 Å². The van der Waals surface area contributed by atoms with Gasteiger partial charge in [0.2, 0.25) is 0 Å². The van der Waals surface area contributed by atoms with Crippen LogP contribution in [0.1, 0.15) is 49.4 Å². The van der Waals surface area contributed by atoms with E-state index in [0.717, 1.165) is 31.6 Å². The van der Waals surface area contributed by atoms with Gasteiger partial charge in [-0.3, -0.25) is 9.78 Å². The zero-order valence-corrected chi connectivity index (χ0v) is 23.1. The number of nitrogens with zero attached hydrogens (tertiary/aromatic N) is 4. The van der Waals surface area contributed by atoms with Crippen LogP contribution in [0.2, 0.25) is 5.02 Å². The lowest BCUT2D eigenvalue weighted by Gasteiger charge is -2.35. The number of aromatic nitrogens is 2. The van der Waals surface area contributed by atoms with Crippen molar-refractivity contribution in [1.29, 1.82) is 0 Å². The number of pyridine rings is 2. The summed E-state index contributed by atoms with van der Waals surface area (Å²) in [5.74, 6) is -0.755.